The molecule has 1 amide bonds. The van der Waals surface area contributed by atoms with E-state index in [1.54, 1.807) is 10.9 Å². The molecule has 0 saturated heterocycles. The Hall–Kier alpha value is -3.15. The summed E-state index contributed by atoms with van der Waals surface area (Å²) in [5.41, 5.74) is 1.37. The van der Waals surface area contributed by atoms with Gasteiger partial charge in [0.2, 0.25) is 0 Å². The number of aryl methyl sites for hydroxylation is 3. The molecule has 158 valence electrons. The van der Waals surface area contributed by atoms with Gasteiger partial charge in [0.05, 0.1) is 29.0 Å². The predicted molar refractivity (Wildman–Crippen MR) is 106 cm³/mol. The maximum absolute atomic E-state index is 13.1. The highest BCUT2D eigenvalue weighted by atomic mass is 32.1. The average molecular weight is 437 g/mol. The van der Waals surface area contributed by atoms with Gasteiger partial charge >= 0.3 is 6.18 Å². The molecule has 4 aromatic rings. The molecule has 0 aliphatic carbocycles. The number of anilines is 1. The van der Waals surface area contributed by atoms with E-state index in [4.69, 9.17) is 0 Å². The van der Waals surface area contributed by atoms with Gasteiger partial charge in [0.1, 0.15) is 4.83 Å². The van der Waals surface area contributed by atoms with Crippen LogP contribution in [0.2, 0.25) is 0 Å². The van der Waals surface area contributed by atoms with Crippen molar-refractivity contribution in [3.05, 3.63) is 46.5 Å². The van der Waals surface area contributed by atoms with Crippen LogP contribution in [0.15, 0.2) is 24.7 Å². The van der Waals surface area contributed by atoms with Gasteiger partial charge in [0.25, 0.3) is 5.91 Å². The number of halogens is 3. The number of nitrogens with one attached hydrogen (secondary N) is 1. The molecule has 4 heterocycles. The fraction of sp³-hybridized carbons (Fsp3) is 0.333. The van der Waals surface area contributed by atoms with Gasteiger partial charge in [-0.2, -0.15) is 28.5 Å². The van der Waals surface area contributed by atoms with Crippen molar-refractivity contribution in [3.8, 4) is 0 Å². The standard InChI is InChI=1S/C18H18F3N7OS/c1-4-27-7-11(10(2)24-27)8-28-9-12(6-22-28)23-16(29)14-5-13-15(18(19,20)21)25-26(3)17(13)30-14/h5-7,9H,4,8H2,1-3H3,(H,23,29). The van der Waals surface area contributed by atoms with Crippen molar-refractivity contribution in [2.75, 3.05) is 5.32 Å². The Kier molecular flexibility index (Phi) is 4.88. The van der Waals surface area contributed by atoms with Crippen LogP contribution in [-0.4, -0.2) is 35.2 Å². The van der Waals surface area contributed by atoms with E-state index in [-0.39, 0.29) is 15.1 Å². The molecule has 0 atom stereocenters. The molecule has 0 aromatic carbocycles. The molecule has 0 aliphatic heterocycles. The molecule has 0 spiro atoms. The van der Waals surface area contributed by atoms with E-state index in [9.17, 15) is 18.0 Å². The van der Waals surface area contributed by atoms with Crippen molar-refractivity contribution in [3.63, 3.8) is 0 Å². The number of fused-ring (bicyclic) bond motifs is 1. The number of rotatable bonds is 5. The number of carbonyl (C=O) groups excluding carboxylic acids is 1. The molecule has 0 aliphatic rings. The summed E-state index contributed by atoms with van der Waals surface area (Å²) in [5.74, 6) is -0.501. The largest absolute Gasteiger partial charge is 0.435 e. The predicted octanol–water partition coefficient (Wildman–Crippen LogP) is 3.68. The van der Waals surface area contributed by atoms with Crippen LogP contribution >= 0.6 is 11.3 Å². The molecule has 0 unspecified atom stereocenters. The first-order valence-corrected chi connectivity index (χ1v) is 9.87. The summed E-state index contributed by atoms with van der Waals surface area (Å²) in [6.45, 7) is 5.17. The van der Waals surface area contributed by atoms with Crippen LogP contribution in [-0.2, 0) is 26.3 Å². The van der Waals surface area contributed by atoms with Gasteiger partial charge in [-0.25, -0.2) is 0 Å². The van der Waals surface area contributed by atoms with E-state index in [1.807, 2.05) is 24.7 Å². The van der Waals surface area contributed by atoms with Crippen LogP contribution in [0.4, 0.5) is 18.9 Å². The van der Waals surface area contributed by atoms with E-state index in [0.29, 0.717) is 12.2 Å². The van der Waals surface area contributed by atoms with Crippen LogP contribution in [0.1, 0.15) is 33.5 Å². The zero-order chi connectivity index (χ0) is 21.6. The first-order chi connectivity index (χ1) is 14.2. The highest BCUT2D eigenvalue weighted by Crippen LogP contribution is 2.37. The minimum atomic E-state index is -4.58. The second kappa shape index (κ2) is 7.27. The molecule has 0 radical (unpaired) electrons. The highest BCUT2D eigenvalue weighted by molar-refractivity contribution is 7.20. The summed E-state index contributed by atoms with van der Waals surface area (Å²) in [5, 5.41) is 14.7. The molecule has 4 rings (SSSR count). The Morgan fingerprint density at radius 1 is 1.23 bits per heavy atom. The Morgan fingerprint density at radius 3 is 2.67 bits per heavy atom. The summed E-state index contributed by atoms with van der Waals surface area (Å²) in [4.78, 5) is 13.0. The number of carbonyl (C=O) groups is 1. The lowest BCUT2D eigenvalue weighted by molar-refractivity contribution is -0.140. The second-order valence-electron chi connectivity index (χ2n) is 6.78. The topological polar surface area (TPSA) is 82.6 Å². The number of amides is 1. The lowest BCUT2D eigenvalue weighted by Gasteiger charge is -2.02. The molecular formula is C18H18F3N7OS. The number of hydrogen-bond donors (Lipinski definition) is 1. The summed E-state index contributed by atoms with van der Waals surface area (Å²) >= 11 is 0.955. The Morgan fingerprint density at radius 2 is 2.00 bits per heavy atom. The monoisotopic (exact) mass is 437 g/mol. The minimum absolute atomic E-state index is 0.0840. The molecule has 4 aromatic heterocycles. The third-order valence-corrected chi connectivity index (χ3v) is 5.80. The Bertz CT molecular complexity index is 1230. The molecule has 8 nitrogen and oxygen atoms in total. The number of nitrogens with zero attached hydrogens (tertiary/aromatic N) is 6. The SMILES string of the molecule is CCn1cc(Cn2cc(NC(=O)c3cc4c(C(F)(F)F)nn(C)c4s3)cn2)c(C)n1. The fourth-order valence-electron chi connectivity index (χ4n) is 3.12. The third kappa shape index (κ3) is 3.70. The fourth-order valence-corrected chi connectivity index (χ4v) is 4.09. The number of hydrogen-bond acceptors (Lipinski definition) is 5. The molecular weight excluding hydrogens is 419 g/mol. The zero-order valence-corrected chi connectivity index (χ0v) is 17.2. The van der Waals surface area contributed by atoms with Crippen molar-refractivity contribution >= 4 is 33.1 Å². The van der Waals surface area contributed by atoms with Gasteiger partial charge in [-0.1, -0.05) is 0 Å². The molecule has 12 heteroatoms. The minimum Gasteiger partial charge on any atom is -0.319 e. The van der Waals surface area contributed by atoms with Gasteiger partial charge in [0, 0.05) is 36.9 Å². The summed E-state index contributed by atoms with van der Waals surface area (Å²) in [7, 11) is 1.42. The number of aromatic nitrogens is 6. The van der Waals surface area contributed by atoms with Gasteiger partial charge in [-0.05, 0) is 19.9 Å². The van der Waals surface area contributed by atoms with Crippen molar-refractivity contribution in [1.82, 2.24) is 29.3 Å². The molecule has 0 saturated carbocycles. The van der Waals surface area contributed by atoms with Crippen molar-refractivity contribution in [2.45, 2.75) is 33.1 Å². The van der Waals surface area contributed by atoms with Gasteiger partial charge in [0.15, 0.2) is 5.69 Å². The average Bonchev–Trinajstić information content (AvgIpc) is 3.41. The normalized spacial score (nSPS) is 12.1. The first kappa shape index (κ1) is 20.1. The van der Waals surface area contributed by atoms with Crippen LogP contribution in [0.25, 0.3) is 10.2 Å². The summed E-state index contributed by atoms with van der Waals surface area (Å²) in [6, 6.07) is 1.22. The van der Waals surface area contributed by atoms with Crippen LogP contribution in [0.3, 0.4) is 0 Å². The lowest BCUT2D eigenvalue weighted by Crippen LogP contribution is -2.10. The van der Waals surface area contributed by atoms with Crippen molar-refractivity contribution < 1.29 is 18.0 Å². The maximum atomic E-state index is 13.1. The van der Waals surface area contributed by atoms with E-state index in [1.165, 1.54) is 19.3 Å². The second-order valence-corrected chi connectivity index (χ2v) is 7.81. The molecule has 0 fully saturated rings. The third-order valence-electron chi connectivity index (χ3n) is 4.60. The molecule has 1 N–H and O–H groups in total. The molecule has 0 bridgehead atoms. The first-order valence-electron chi connectivity index (χ1n) is 9.06. The van der Waals surface area contributed by atoms with E-state index in [0.717, 1.165) is 33.8 Å². The Balaban J connectivity index is 1.51. The van der Waals surface area contributed by atoms with Crippen LogP contribution in [0, 0.1) is 6.92 Å². The van der Waals surface area contributed by atoms with Gasteiger partial charge in [-0.3, -0.25) is 18.8 Å². The van der Waals surface area contributed by atoms with E-state index >= 15 is 0 Å². The smallest absolute Gasteiger partial charge is 0.319 e. The highest BCUT2D eigenvalue weighted by Gasteiger charge is 2.37. The maximum Gasteiger partial charge on any atom is 0.435 e. The van der Waals surface area contributed by atoms with Crippen LogP contribution in [0.5, 0.6) is 0 Å². The molecule has 30 heavy (non-hydrogen) atoms. The summed E-state index contributed by atoms with van der Waals surface area (Å²) < 4.78 is 44.0. The lowest BCUT2D eigenvalue weighted by atomic mass is 10.2. The van der Waals surface area contributed by atoms with Crippen molar-refractivity contribution in [2.24, 2.45) is 7.05 Å². The quantitative estimate of drug-likeness (QED) is 0.516. The van der Waals surface area contributed by atoms with E-state index in [2.05, 4.69) is 20.6 Å². The zero-order valence-electron chi connectivity index (χ0n) is 16.4. The summed E-state index contributed by atoms with van der Waals surface area (Å²) in [6.07, 6.45) is 0.516. The number of thiophene rings is 1. The van der Waals surface area contributed by atoms with Crippen LogP contribution < -0.4 is 5.32 Å². The van der Waals surface area contributed by atoms with Gasteiger partial charge < -0.3 is 5.32 Å². The van der Waals surface area contributed by atoms with E-state index < -0.39 is 17.8 Å². The van der Waals surface area contributed by atoms with Crippen molar-refractivity contribution in [1.29, 1.82) is 0 Å². The number of alkyl halides is 3. The Labute approximate surface area is 172 Å². The van der Waals surface area contributed by atoms with Gasteiger partial charge in [-0.15, -0.1) is 11.3 Å².